The minimum absolute atomic E-state index is 0.567. The van der Waals surface area contributed by atoms with Crippen LogP contribution in [0.4, 0.5) is 0 Å². The average molecular weight is 615 g/mol. The van der Waals surface area contributed by atoms with E-state index in [1.165, 1.54) is 0 Å². The normalized spacial score (nSPS) is 14.0. The van der Waals surface area contributed by atoms with Gasteiger partial charge >= 0.3 is 0 Å². The SMILES string of the molecule is COc1cc(-c2cccc(CN3CCCN(Cc4cccc(-c5cc(OC)c(OC)c(OC)c5)n4)CC3)n2)cc(OC)c1OC. The molecule has 3 heterocycles. The van der Waals surface area contributed by atoms with E-state index in [-0.39, 0.29) is 0 Å². The van der Waals surface area contributed by atoms with E-state index in [0.717, 1.165) is 79.6 Å². The molecule has 0 radical (unpaired) electrons. The molecule has 0 spiro atoms. The maximum Gasteiger partial charge on any atom is 0.203 e. The van der Waals surface area contributed by atoms with Gasteiger partial charge in [0, 0.05) is 37.3 Å². The van der Waals surface area contributed by atoms with Gasteiger partial charge in [-0.3, -0.25) is 19.8 Å². The maximum absolute atomic E-state index is 5.55. The maximum atomic E-state index is 5.55. The summed E-state index contributed by atoms with van der Waals surface area (Å²) in [7, 11) is 9.69. The summed E-state index contributed by atoms with van der Waals surface area (Å²) >= 11 is 0. The van der Waals surface area contributed by atoms with Crippen molar-refractivity contribution in [3.05, 3.63) is 72.1 Å². The highest BCUT2D eigenvalue weighted by Gasteiger charge is 2.19. The van der Waals surface area contributed by atoms with E-state index in [4.69, 9.17) is 38.4 Å². The Labute approximate surface area is 265 Å². The van der Waals surface area contributed by atoms with Gasteiger partial charge in [-0.05, 0) is 68.0 Å². The molecule has 0 aliphatic carbocycles. The number of hydrogen-bond donors (Lipinski definition) is 0. The Morgan fingerprint density at radius 1 is 0.511 bits per heavy atom. The largest absolute Gasteiger partial charge is 0.493 e. The molecule has 0 unspecified atom stereocenters. The third kappa shape index (κ3) is 7.41. The molecule has 0 atom stereocenters. The van der Waals surface area contributed by atoms with Gasteiger partial charge in [0.1, 0.15) is 0 Å². The smallest absolute Gasteiger partial charge is 0.203 e. The van der Waals surface area contributed by atoms with Crippen LogP contribution in [-0.2, 0) is 13.1 Å². The summed E-state index contributed by atoms with van der Waals surface area (Å²) in [6, 6.07) is 20.0. The average Bonchev–Trinajstić information content (AvgIpc) is 3.31. The van der Waals surface area contributed by atoms with Crippen molar-refractivity contribution in [3.63, 3.8) is 0 Å². The summed E-state index contributed by atoms with van der Waals surface area (Å²) in [5, 5.41) is 0. The molecule has 10 nitrogen and oxygen atoms in total. The zero-order chi connectivity index (χ0) is 31.8. The first kappa shape index (κ1) is 31.9. The number of aromatic nitrogens is 2. The summed E-state index contributed by atoms with van der Waals surface area (Å²) in [6.07, 6.45) is 1.07. The lowest BCUT2D eigenvalue weighted by molar-refractivity contribution is 0.244. The first-order valence-electron chi connectivity index (χ1n) is 15.0. The summed E-state index contributed by atoms with van der Waals surface area (Å²) < 4.78 is 33.2. The van der Waals surface area contributed by atoms with Crippen LogP contribution in [-0.4, -0.2) is 88.6 Å². The number of benzene rings is 2. The molecule has 5 rings (SSSR count). The second kappa shape index (κ2) is 15.0. The minimum atomic E-state index is 0.567. The number of methoxy groups -OCH3 is 6. The lowest BCUT2D eigenvalue weighted by atomic mass is 10.1. The molecule has 0 bridgehead atoms. The van der Waals surface area contributed by atoms with E-state index in [1.54, 1.807) is 42.7 Å². The highest BCUT2D eigenvalue weighted by molar-refractivity contribution is 5.69. The fourth-order valence-corrected chi connectivity index (χ4v) is 5.71. The fraction of sp³-hybridized carbons (Fsp3) is 0.371. The van der Waals surface area contributed by atoms with E-state index >= 15 is 0 Å². The molecule has 0 N–H and O–H groups in total. The summed E-state index contributed by atoms with van der Waals surface area (Å²) in [6.45, 7) is 5.46. The molecule has 2 aromatic carbocycles. The van der Waals surface area contributed by atoms with Crippen molar-refractivity contribution in [1.29, 1.82) is 0 Å². The summed E-state index contributed by atoms with van der Waals surface area (Å²) in [5.74, 6) is 3.56. The van der Waals surface area contributed by atoms with E-state index in [2.05, 4.69) is 34.1 Å². The van der Waals surface area contributed by atoms with E-state index in [0.29, 0.717) is 34.5 Å². The molecule has 0 amide bonds. The van der Waals surface area contributed by atoms with Gasteiger partial charge in [-0.1, -0.05) is 12.1 Å². The van der Waals surface area contributed by atoms with Crippen LogP contribution >= 0.6 is 0 Å². The number of ether oxygens (including phenoxy) is 6. The summed E-state index contributed by atoms with van der Waals surface area (Å²) in [4.78, 5) is 14.9. The molecule has 1 fully saturated rings. The minimum Gasteiger partial charge on any atom is -0.493 e. The molecule has 1 aliphatic heterocycles. The molecule has 1 saturated heterocycles. The van der Waals surface area contributed by atoms with Gasteiger partial charge in [0.25, 0.3) is 0 Å². The monoisotopic (exact) mass is 614 g/mol. The third-order valence-electron chi connectivity index (χ3n) is 7.99. The van der Waals surface area contributed by atoms with Gasteiger partial charge in [-0.15, -0.1) is 0 Å². The fourth-order valence-electron chi connectivity index (χ4n) is 5.71. The highest BCUT2D eigenvalue weighted by atomic mass is 16.5. The van der Waals surface area contributed by atoms with E-state index < -0.39 is 0 Å². The molecule has 4 aromatic rings. The Balaban J connectivity index is 1.25. The topological polar surface area (TPSA) is 87.6 Å². The van der Waals surface area contributed by atoms with Crippen molar-refractivity contribution in [2.24, 2.45) is 0 Å². The van der Waals surface area contributed by atoms with Crippen LogP contribution in [0.25, 0.3) is 22.5 Å². The molecule has 0 saturated carbocycles. The van der Waals surface area contributed by atoms with Crippen molar-refractivity contribution in [3.8, 4) is 57.0 Å². The van der Waals surface area contributed by atoms with Crippen LogP contribution < -0.4 is 28.4 Å². The third-order valence-corrected chi connectivity index (χ3v) is 7.99. The van der Waals surface area contributed by atoms with Crippen molar-refractivity contribution in [1.82, 2.24) is 19.8 Å². The Morgan fingerprint density at radius 3 is 1.22 bits per heavy atom. The van der Waals surface area contributed by atoms with Crippen LogP contribution in [0, 0.1) is 0 Å². The first-order valence-corrected chi connectivity index (χ1v) is 15.0. The molecule has 1 aliphatic rings. The summed E-state index contributed by atoms with van der Waals surface area (Å²) in [5.41, 5.74) is 5.59. The van der Waals surface area contributed by atoms with Gasteiger partial charge in [0.2, 0.25) is 11.5 Å². The molecular weight excluding hydrogens is 572 g/mol. The van der Waals surface area contributed by atoms with Crippen LogP contribution in [0.1, 0.15) is 17.8 Å². The Morgan fingerprint density at radius 2 is 0.889 bits per heavy atom. The van der Waals surface area contributed by atoms with Gasteiger partial charge < -0.3 is 28.4 Å². The van der Waals surface area contributed by atoms with Crippen molar-refractivity contribution >= 4 is 0 Å². The van der Waals surface area contributed by atoms with Gasteiger partial charge in [0.15, 0.2) is 23.0 Å². The predicted octanol–water partition coefficient (Wildman–Crippen LogP) is 5.57. The van der Waals surface area contributed by atoms with E-state index in [9.17, 15) is 0 Å². The molecular formula is C35H42N4O6. The van der Waals surface area contributed by atoms with Crippen LogP contribution in [0.15, 0.2) is 60.7 Å². The Bertz CT molecular complexity index is 1430. The standard InChI is InChI=1S/C35H42N4O6/c1-40-30-18-24(19-31(41-2)34(30)44-5)28-12-7-10-26(36-28)22-38-14-9-15-39(17-16-38)23-27-11-8-13-29(37-27)25-20-32(42-3)35(45-6)33(21-25)43-4/h7-8,10-13,18-21H,9,14-17,22-23H2,1-6H3. The number of hydrogen-bond acceptors (Lipinski definition) is 10. The second-order valence-corrected chi connectivity index (χ2v) is 10.8. The van der Waals surface area contributed by atoms with Gasteiger partial charge in [-0.2, -0.15) is 0 Å². The molecule has 45 heavy (non-hydrogen) atoms. The van der Waals surface area contributed by atoms with Gasteiger partial charge in [0.05, 0.1) is 65.4 Å². The second-order valence-electron chi connectivity index (χ2n) is 10.8. The zero-order valence-corrected chi connectivity index (χ0v) is 27.0. The first-order chi connectivity index (χ1) is 22.0. The number of pyridine rings is 2. The lowest BCUT2D eigenvalue weighted by Gasteiger charge is -2.22. The van der Waals surface area contributed by atoms with Crippen LogP contribution in [0.3, 0.4) is 0 Å². The van der Waals surface area contributed by atoms with E-state index in [1.807, 2.05) is 36.4 Å². The molecule has 238 valence electrons. The quantitative estimate of drug-likeness (QED) is 0.202. The number of rotatable bonds is 12. The Hall–Kier alpha value is -4.54. The van der Waals surface area contributed by atoms with Gasteiger partial charge in [-0.25, -0.2) is 0 Å². The zero-order valence-electron chi connectivity index (χ0n) is 27.0. The van der Waals surface area contributed by atoms with Crippen molar-refractivity contribution in [2.45, 2.75) is 19.5 Å². The molecule has 10 heteroatoms. The van der Waals surface area contributed by atoms with Crippen molar-refractivity contribution in [2.75, 3.05) is 68.8 Å². The van der Waals surface area contributed by atoms with Crippen LogP contribution in [0.2, 0.25) is 0 Å². The van der Waals surface area contributed by atoms with Crippen molar-refractivity contribution < 1.29 is 28.4 Å². The molecule has 2 aromatic heterocycles. The predicted molar refractivity (Wildman–Crippen MR) is 174 cm³/mol. The van der Waals surface area contributed by atoms with Crippen LogP contribution in [0.5, 0.6) is 34.5 Å². The lowest BCUT2D eigenvalue weighted by Crippen LogP contribution is -2.30. The number of nitrogens with zero attached hydrogens (tertiary/aromatic N) is 4. The Kier molecular flexibility index (Phi) is 10.6. The highest BCUT2D eigenvalue weighted by Crippen LogP contribution is 2.42.